The summed E-state index contributed by atoms with van der Waals surface area (Å²) in [7, 11) is 0. The number of carbonyl (C=O) groups excluding carboxylic acids is 1. The summed E-state index contributed by atoms with van der Waals surface area (Å²) in [6, 6.07) is 8.06. The van der Waals surface area contributed by atoms with Gasteiger partial charge < -0.3 is 15.4 Å². The molecule has 4 nitrogen and oxygen atoms in total. The van der Waals surface area contributed by atoms with Crippen molar-refractivity contribution in [2.24, 2.45) is 5.73 Å². The first-order valence-electron chi connectivity index (χ1n) is 6.04. The predicted molar refractivity (Wildman–Crippen MR) is 64.8 cm³/mol. The number of hydrogen-bond donors (Lipinski definition) is 1. The molecule has 3 aliphatic rings. The van der Waals surface area contributed by atoms with E-state index in [9.17, 15) is 4.79 Å². The molecular weight excluding hydrogens is 216 g/mol. The van der Waals surface area contributed by atoms with Crippen LogP contribution >= 0.6 is 0 Å². The number of amides is 1. The van der Waals surface area contributed by atoms with E-state index in [0.29, 0.717) is 13.1 Å². The lowest BCUT2D eigenvalue weighted by Gasteiger charge is -2.45. The molecule has 90 valence electrons. The first-order chi connectivity index (χ1) is 8.28. The van der Waals surface area contributed by atoms with Gasteiger partial charge in [-0.1, -0.05) is 12.1 Å². The monoisotopic (exact) mass is 232 g/mol. The standard InChI is InChI=1S/C13H16N2O2/c14-6-5-9-1-3-10(4-2-9)15-8-11-7-12(17-11)13(15)16/h1-4,11-12H,5-8,14H2. The van der Waals surface area contributed by atoms with E-state index in [4.69, 9.17) is 10.5 Å². The molecule has 1 amide bonds. The van der Waals surface area contributed by atoms with E-state index < -0.39 is 0 Å². The van der Waals surface area contributed by atoms with E-state index in [-0.39, 0.29) is 18.1 Å². The topological polar surface area (TPSA) is 55.6 Å². The number of ether oxygens (including phenoxy) is 1. The van der Waals surface area contributed by atoms with Crippen molar-refractivity contribution >= 4 is 11.6 Å². The van der Waals surface area contributed by atoms with Crippen molar-refractivity contribution in [3.8, 4) is 0 Å². The molecule has 0 saturated carbocycles. The van der Waals surface area contributed by atoms with Crippen molar-refractivity contribution in [2.45, 2.75) is 25.0 Å². The second kappa shape index (κ2) is 4.13. The van der Waals surface area contributed by atoms with Gasteiger partial charge in [-0.05, 0) is 30.7 Å². The van der Waals surface area contributed by atoms with Gasteiger partial charge in [0.1, 0.15) is 6.10 Å². The van der Waals surface area contributed by atoms with Crippen LogP contribution in [0.4, 0.5) is 5.69 Å². The second-order valence-corrected chi connectivity index (χ2v) is 4.64. The Balaban J connectivity index is 1.77. The van der Waals surface area contributed by atoms with Crippen LogP contribution in [-0.2, 0) is 16.0 Å². The van der Waals surface area contributed by atoms with E-state index in [1.807, 2.05) is 29.2 Å². The summed E-state index contributed by atoms with van der Waals surface area (Å²) in [4.78, 5) is 13.8. The lowest BCUT2D eigenvalue weighted by molar-refractivity contribution is -0.169. The predicted octanol–water partition coefficient (Wildman–Crippen LogP) is 0.692. The fraction of sp³-hybridized carbons (Fsp3) is 0.462. The number of rotatable bonds is 3. The van der Waals surface area contributed by atoms with Crippen LogP contribution in [0.15, 0.2) is 24.3 Å². The van der Waals surface area contributed by atoms with Crippen LogP contribution in [0.3, 0.4) is 0 Å². The number of benzene rings is 1. The van der Waals surface area contributed by atoms with Crippen LogP contribution in [0.5, 0.6) is 0 Å². The molecule has 4 heteroatoms. The highest BCUT2D eigenvalue weighted by molar-refractivity contribution is 5.98. The Morgan fingerprint density at radius 2 is 2.06 bits per heavy atom. The van der Waals surface area contributed by atoms with Gasteiger partial charge in [-0.15, -0.1) is 0 Å². The molecule has 3 saturated heterocycles. The van der Waals surface area contributed by atoms with Gasteiger partial charge in [0.25, 0.3) is 5.91 Å². The number of morpholine rings is 1. The lowest BCUT2D eigenvalue weighted by Crippen LogP contribution is -2.61. The maximum Gasteiger partial charge on any atom is 0.256 e. The van der Waals surface area contributed by atoms with Gasteiger partial charge in [0.15, 0.2) is 0 Å². The fourth-order valence-corrected chi connectivity index (χ4v) is 2.45. The van der Waals surface area contributed by atoms with Crippen LogP contribution in [0.1, 0.15) is 12.0 Å². The van der Waals surface area contributed by atoms with E-state index >= 15 is 0 Å². The quantitative estimate of drug-likeness (QED) is 0.834. The van der Waals surface area contributed by atoms with Crippen molar-refractivity contribution in [2.75, 3.05) is 18.0 Å². The average molecular weight is 232 g/mol. The lowest BCUT2D eigenvalue weighted by atomic mass is 9.97. The number of anilines is 1. The molecule has 1 aromatic carbocycles. The molecule has 2 unspecified atom stereocenters. The third-order valence-electron chi connectivity index (χ3n) is 3.44. The Morgan fingerprint density at radius 3 is 2.65 bits per heavy atom. The molecule has 2 N–H and O–H groups in total. The highest BCUT2D eigenvalue weighted by Crippen LogP contribution is 2.32. The maximum absolute atomic E-state index is 12.0. The second-order valence-electron chi connectivity index (χ2n) is 4.64. The van der Waals surface area contributed by atoms with Crippen molar-refractivity contribution in [3.05, 3.63) is 29.8 Å². The number of nitrogens with two attached hydrogens (primary N) is 1. The minimum atomic E-state index is -0.197. The number of piperidine rings is 1. The minimum Gasteiger partial charge on any atom is -0.363 e. The summed E-state index contributed by atoms with van der Waals surface area (Å²) in [6.07, 6.45) is 1.81. The van der Waals surface area contributed by atoms with Gasteiger partial charge in [-0.25, -0.2) is 0 Å². The number of hydrogen-bond acceptors (Lipinski definition) is 3. The highest BCUT2D eigenvalue weighted by atomic mass is 16.5. The van der Waals surface area contributed by atoms with Gasteiger partial charge in [0, 0.05) is 12.1 Å². The zero-order valence-corrected chi connectivity index (χ0v) is 9.63. The zero-order chi connectivity index (χ0) is 11.8. The summed E-state index contributed by atoms with van der Waals surface area (Å²) in [5, 5.41) is 0. The van der Waals surface area contributed by atoms with Crippen LogP contribution in [0, 0.1) is 0 Å². The van der Waals surface area contributed by atoms with Crippen molar-refractivity contribution in [1.29, 1.82) is 0 Å². The average Bonchev–Trinajstić information content (AvgIpc) is 2.29. The van der Waals surface area contributed by atoms with Crippen LogP contribution in [0.2, 0.25) is 0 Å². The molecule has 4 rings (SSSR count). The van der Waals surface area contributed by atoms with Gasteiger partial charge in [0.2, 0.25) is 0 Å². The summed E-state index contributed by atoms with van der Waals surface area (Å²) in [6.45, 7) is 1.34. The van der Waals surface area contributed by atoms with Gasteiger partial charge in [0.05, 0.1) is 12.6 Å². The van der Waals surface area contributed by atoms with Gasteiger partial charge >= 0.3 is 0 Å². The molecule has 0 aromatic heterocycles. The molecule has 17 heavy (non-hydrogen) atoms. The van der Waals surface area contributed by atoms with E-state index in [1.165, 1.54) is 5.56 Å². The smallest absolute Gasteiger partial charge is 0.256 e. The number of fused-ring (bicyclic) bond motifs is 2. The summed E-state index contributed by atoms with van der Waals surface area (Å²) < 4.78 is 5.39. The Hall–Kier alpha value is -1.39. The van der Waals surface area contributed by atoms with Crippen molar-refractivity contribution < 1.29 is 9.53 Å². The van der Waals surface area contributed by atoms with Gasteiger partial charge in [-0.3, -0.25) is 4.79 Å². The van der Waals surface area contributed by atoms with E-state index in [2.05, 4.69) is 0 Å². The van der Waals surface area contributed by atoms with E-state index in [1.54, 1.807) is 0 Å². The molecule has 1 aromatic rings. The fourth-order valence-electron chi connectivity index (χ4n) is 2.45. The molecule has 2 bridgehead atoms. The molecule has 3 heterocycles. The molecule has 2 atom stereocenters. The van der Waals surface area contributed by atoms with Crippen LogP contribution in [0.25, 0.3) is 0 Å². The highest BCUT2D eigenvalue weighted by Gasteiger charge is 2.45. The summed E-state index contributed by atoms with van der Waals surface area (Å²) in [5.41, 5.74) is 7.68. The third-order valence-corrected chi connectivity index (χ3v) is 3.44. The zero-order valence-electron chi connectivity index (χ0n) is 9.63. The molecule has 3 aliphatic heterocycles. The third kappa shape index (κ3) is 1.83. The Bertz CT molecular complexity index is 424. The maximum atomic E-state index is 12.0. The van der Waals surface area contributed by atoms with Crippen LogP contribution < -0.4 is 10.6 Å². The number of carbonyl (C=O) groups is 1. The summed E-state index contributed by atoms with van der Waals surface area (Å²) >= 11 is 0. The molecular formula is C13H16N2O2. The van der Waals surface area contributed by atoms with E-state index in [0.717, 1.165) is 18.5 Å². The molecule has 0 radical (unpaired) electrons. The molecule has 0 aliphatic carbocycles. The van der Waals surface area contributed by atoms with Crippen LogP contribution in [-0.4, -0.2) is 31.2 Å². The Morgan fingerprint density at radius 1 is 1.35 bits per heavy atom. The Kier molecular flexibility index (Phi) is 2.61. The van der Waals surface area contributed by atoms with Gasteiger partial charge in [-0.2, -0.15) is 0 Å². The largest absolute Gasteiger partial charge is 0.363 e. The van der Waals surface area contributed by atoms with Crippen molar-refractivity contribution in [3.63, 3.8) is 0 Å². The SMILES string of the molecule is NCCc1ccc(N2CC3CC(O3)C2=O)cc1. The molecule has 3 fully saturated rings. The minimum absolute atomic E-state index is 0.0964. The molecule has 0 spiro atoms. The first kappa shape index (κ1) is 10.7. The number of nitrogens with zero attached hydrogens (tertiary/aromatic N) is 1. The summed E-state index contributed by atoms with van der Waals surface area (Å²) in [5.74, 6) is 0.0964. The Labute approximate surface area is 100 Å². The van der Waals surface area contributed by atoms with Crippen molar-refractivity contribution in [1.82, 2.24) is 0 Å². The normalized spacial score (nSPS) is 26.9. The first-order valence-corrected chi connectivity index (χ1v) is 6.04.